The van der Waals surface area contributed by atoms with Crippen LogP contribution in [0.1, 0.15) is 0 Å². The monoisotopic (exact) mass is 411 g/mol. The third kappa shape index (κ3) is 3.06. The molecule has 0 aliphatic carbocycles. The minimum atomic E-state index is -4.56. The van der Waals surface area contributed by atoms with Crippen LogP contribution in [0.2, 0.25) is 5.02 Å². The molecule has 12 heteroatoms. The zero-order valence-corrected chi connectivity index (χ0v) is 14.8. The van der Waals surface area contributed by atoms with Crippen molar-refractivity contribution >= 4 is 44.3 Å². The lowest BCUT2D eigenvalue weighted by molar-refractivity contribution is -0.384. The van der Waals surface area contributed by atoms with Crippen LogP contribution in [0.5, 0.6) is 0 Å². The number of hydrogen-bond acceptors (Lipinski definition) is 6. The molecule has 1 aromatic heterocycles. The zero-order valence-electron chi connectivity index (χ0n) is 13.3. The number of carboxylic acid groups (broad SMARTS) is 1. The summed E-state index contributed by atoms with van der Waals surface area (Å²) in [5.74, 6) is -1.33. The van der Waals surface area contributed by atoms with Gasteiger partial charge in [0.25, 0.3) is 15.7 Å². The van der Waals surface area contributed by atoms with Gasteiger partial charge in [-0.05, 0) is 24.3 Å². The quantitative estimate of drug-likeness (QED) is 0.497. The van der Waals surface area contributed by atoms with Gasteiger partial charge in [-0.2, -0.15) is 3.97 Å². The van der Waals surface area contributed by atoms with Gasteiger partial charge in [-0.1, -0.05) is 23.7 Å². The molecule has 0 aliphatic heterocycles. The zero-order chi connectivity index (χ0) is 19.9. The summed E-state index contributed by atoms with van der Waals surface area (Å²) < 4.78 is 27.2. The Morgan fingerprint density at radius 3 is 2.41 bits per heavy atom. The van der Waals surface area contributed by atoms with E-state index < -0.39 is 43.7 Å². The number of nitro benzene ring substituents is 1. The minimum absolute atomic E-state index is 0.0543. The molecule has 10 nitrogen and oxygen atoms in total. The van der Waals surface area contributed by atoms with Crippen LogP contribution in [0.15, 0.2) is 52.2 Å². The standard InChI is InChI=1S/C15H10ClN3O7S/c16-10-6-5-9(7-13(10)19(23)24)27(25,26)18-12-4-2-1-3-11(12)17(15(18)22)8-14(20)21/h1-7H,8H2,(H,20,21). The van der Waals surface area contributed by atoms with Crippen LogP contribution < -0.4 is 5.69 Å². The van der Waals surface area contributed by atoms with Crippen molar-refractivity contribution in [3.05, 3.63) is 68.1 Å². The van der Waals surface area contributed by atoms with E-state index in [4.69, 9.17) is 16.7 Å². The van der Waals surface area contributed by atoms with Crippen molar-refractivity contribution in [2.45, 2.75) is 11.4 Å². The van der Waals surface area contributed by atoms with Gasteiger partial charge < -0.3 is 5.11 Å². The molecule has 27 heavy (non-hydrogen) atoms. The van der Waals surface area contributed by atoms with Crippen molar-refractivity contribution in [1.82, 2.24) is 8.54 Å². The number of benzene rings is 2. The second-order valence-electron chi connectivity index (χ2n) is 5.39. The first-order valence-corrected chi connectivity index (χ1v) is 9.08. The van der Waals surface area contributed by atoms with Crippen molar-refractivity contribution in [3.63, 3.8) is 0 Å². The number of nitro groups is 1. The number of hydrogen-bond donors (Lipinski definition) is 1. The Balaban J connectivity index is 2.34. The molecule has 3 rings (SSSR count). The van der Waals surface area contributed by atoms with E-state index in [2.05, 4.69) is 0 Å². The SMILES string of the molecule is O=C(O)Cn1c(=O)n(S(=O)(=O)c2ccc(Cl)c([N+](=O)[O-])c2)c2ccccc21. The average Bonchev–Trinajstić information content (AvgIpc) is 2.87. The van der Waals surface area contributed by atoms with Crippen molar-refractivity contribution in [1.29, 1.82) is 0 Å². The molecule has 0 spiro atoms. The Morgan fingerprint density at radius 1 is 1.19 bits per heavy atom. The number of nitrogens with zero attached hydrogens (tertiary/aromatic N) is 3. The van der Waals surface area contributed by atoms with Crippen LogP contribution in [0.3, 0.4) is 0 Å². The van der Waals surface area contributed by atoms with Gasteiger partial charge in [-0.25, -0.2) is 13.2 Å². The smallest absolute Gasteiger partial charge is 0.343 e. The van der Waals surface area contributed by atoms with E-state index in [1.54, 1.807) is 0 Å². The van der Waals surface area contributed by atoms with Crippen molar-refractivity contribution in [3.8, 4) is 0 Å². The molecule has 1 heterocycles. The van der Waals surface area contributed by atoms with Crippen LogP contribution >= 0.6 is 11.6 Å². The molecule has 2 aromatic carbocycles. The number of fused-ring (bicyclic) bond motifs is 1. The van der Waals surface area contributed by atoms with Crippen molar-refractivity contribution < 1.29 is 23.2 Å². The van der Waals surface area contributed by atoms with Gasteiger partial charge >= 0.3 is 11.7 Å². The van der Waals surface area contributed by atoms with Gasteiger partial charge in [0.2, 0.25) is 0 Å². The van der Waals surface area contributed by atoms with Crippen LogP contribution in [0.4, 0.5) is 5.69 Å². The minimum Gasteiger partial charge on any atom is -0.480 e. The Labute approximate surface area is 156 Å². The number of halogens is 1. The van der Waals surface area contributed by atoms with E-state index in [-0.39, 0.29) is 16.1 Å². The predicted octanol–water partition coefficient (Wildman–Crippen LogP) is 1.69. The highest BCUT2D eigenvalue weighted by atomic mass is 35.5. The number of carboxylic acids is 1. The first-order valence-electron chi connectivity index (χ1n) is 7.26. The maximum absolute atomic E-state index is 13.0. The van der Waals surface area contributed by atoms with E-state index in [1.165, 1.54) is 24.3 Å². The Kier molecular flexibility index (Phi) is 4.49. The van der Waals surface area contributed by atoms with E-state index >= 15 is 0 Å². The molecule has 140 valence electrons. The molecule has 0 radical (unpaired) electrons. The highest BCUT2D eigenvalue weighted by Gasteiger charge is 2.28. The van der Waals surface area contributed by atoms with Crippen LogP contribution in [-0.4, -0.2) is 33.0 Å². The second-order valence-corrected chi connectivity index (χ2v) is 7.58. The molecule has 0 amide bonds. The summed E-state index contributed by atoms with van der Waals surface area (Å²) >= 11 is 5.70. The third-order valence-electron chi connectivity index (χ3n) is 3.74. The number of aliphatic carboxylic acids is 1. The molecule has 0 atom stereocenters. The first kappa shape index (κ1) is 18.6. The maximum atomic E-state index is 13.0. The second kappa shape index (κ2) is 6.52. The first-order chi connectivity index (χ1) is 12.6. The van der Waals surface area contributed by atoms with Crippen LogP contribution in [0.25, 0.3) is 11.0 Å². The fraction of sp³-hybridized carbons (Fsp3) is 0.0667. The molecule has 0 bridgehead atoms. The molecule has 0 saturated carbocycles. The number of imidazole rings is 1. The molecular weight excluding hydrogens is 402 g/mol. The van der Waals surface area contributed by atoms with Gasteiger partial charge in [-0.3, -0.25) is 19.5 Å². The van der Waals surface area contributed by atoms with E-state index in [0.717, 1.165) is 22.8 Å². The van der Waals surface area contributed by atoms with Crippen molar-refractivity contribution in [2.75, 3.05) is 0 Å². The summed E-state index contributed by atoms with van der Waals surface area (Å²) in [6.07, 6.45) is 0. The molecule has 0 saturated heterocycles. The molecule has 0 aliphatic rings. The lowest BCUT2D eigenvalue weighted by Gasteiger charge is -2.06. The number of carbonyl (C=O) groups is 1. The lowest BCUT2D eigenvalue weighted by Crippen LogP contribution is -2.31. The Morgan fingerprint density at radius 2 is 1.81 bits per heavy atom. The predicted molar refractivity (Wildman–Crippen MR) is 94.5 cm³/mol. The molecule has 0 unspecified atom stereocenters. The summed E-state index contributed by atoms with van der Waals surface area (Å²) in [5, 5.41) is 19.8. The third-order valence-corrected chi connectivity index (χ3v) is 5.74. The average molecular weight is 412 g/mol. The molecule has 3 aromatic rings. The van der Waals surface area contributed by atoms with E-state index in [0.29, 0.717) is 3.97 Å². The largest absolute Gasteiger partial charge is 0.480 e. The maximum Gasteiger partial charge on any atom is 0.343 e. The topological polar surface area (TPSA) is 142 Å². The summed E-state index contributed by atoms with van der Waals surface area (Å²) in [6.45, 7) is -0.747. The lowest BCUT2D eigenvalue weighted by atomic mass is 10.3. The fourth-order valence-corrected chi connectivity index (χ4v) is 4.21. The normalized spacial score (nSPS) is 11.6. The van der Waals surface area contributed by atoms with Gasteiger partial charge in [-0.15, -0.1) is 0 Å². The van der Waals surface area contributed by atoms with Crippen LogP contribution in [0, 0.1) is 10.1 Å². The van der Waals surface area contributed by atoms with Gasteiger partial charge in [0, 0.05) is 6.07 Å². The summed E-state index contributed by atoms with van der Waals surface area (Å²) in [7, 11) is -4.56. The van der Waals surface area contributed by atoms with E-state index in [9.17, 15) is 28.1 Å². The van der Waals surface area contributed by atoms with E-state index in [1.807, 2.05) is 0 Å². The van der Waals surface area contributed by atoms with Crippen LogP contribution in [-0.2, 0) is 21.4 Å². The number of rotatable bonds is 5. The Hall–Kier alpha value is -3.18. The highest BCUT2D eigenvalue weighted by molar-refractivity contribution is 7.90. The van der Waals surface area contributed by atoms with Gasteiger partial charge in [0.05, 0.1) is 20.9 Å². The van der Waals surface area contributed by atoms with Gasteiger partial charge in [0.15, 0.2) is 0 Å². The summed E-state index contributed by atoms with van der Waals surface area (Å²) in [6, 6.07) is 8.53. The highest BCUT2D eigenvalue weighted by Crippen LogP contribution is 2.28. The fourth-order valence-electron chi connectivity index (χ4n) is 2.60. The molecule has 0 fully saturated rings. The number of para-hydroxylation sites is 2. The molecule has 1 N–H and O–H groups in total. The summed E-state index contributed by atoms with van der Waals surface area (Å²) in [4.78, 5) is 33.3. The number of aromatic nitrogens is 2. The van der Waals surface area contributed by atoms with Gasteiger partial charge in [0.1, 0.15) is 11.6 Å². The summed E-state index contributed by atoms with van der Waals surface area (Å²) in [5.41, 5.74) is -1.70. The molecular formula is C15H10ClN3O7S. The Bertz CT molecular complexity index is 1260. The van der Waals surface area contributed by atoms with Crippen molar-refractivity contribution in [2.24, 2.45) is 0 Å².